The Kier molecular flexibility index (Phi) is 3.82. The quantitative estimate of drug-likeness (QED) is 0.878. The molecule has 2 N–H and O–H groups in total. The third-order valence-electron chi connectivity index (χ3n) is 4.18. The number of piperidine rings is 1. The van der Waals surface area contributed by atoms with E-state index in [9.17, 15) is 4.79 Å². The molecule has 19 heavy (non-hydrogen) atoms. The van der Waals surface area contributed by atoms with Crippen molar-refractivity contribution in [3.8, 4) is 0 Å². The van der Waals surface area contributed by atoms with Gasteiger partial charge in [0.15, 0.2) is 0 Å². The molecular weight excluding hydrogens is 242 g/mol. The number of rotatable bonds is 3. The topological polar surface area (TPSA) is 67.2 Å². The fourth-order valence-electron chi connectivity index (χ4n) is 3.05. The first kappa shape index (κ1) is 12.7. The smallest absolute Gasteiger partial charge is 0.243 e. The van der Waals surface area contributed by atoms with Crippen molar-refractivity contribution in [2.75, 3.05) is 11.9 Å². The molecule has 0 radical (unpaired) electrons. The summed E-state index contributed by atoms with van der Waals surface area (Å²) in [5.74, 6) is 0.996. The molecule has 104 valence electrons. The maximum Gasteiger partial charge on any atom is 0.243 e. The lowest BCUT2D eigenvalue weighted by molar-refractivity contribution is -0.118. The first-order valence-corrected chi connectivity index (χ1v) is 7.34. The number of nitrogens with one attached hydrogen (secondary N) is 2. The van der Waals surface area contributed by atoms with Gasteiger partial charge in [-0.25, -0.2) is 0 Å². The SMILES string of the molecule is O=C(Nc1cc(C2CCCC2)no1)[C@@H]1CCCCN1. The molecule has 0 bridgehead atoms. The van der Waals surface area contributed by atoms with Crippen LogP contribution in [-0.2, 0) is 4.79 Å². The Bertz CT molecular complexity index is 432. The number of carbonyl (C=O) groups excluding carboxylic acids is 1. The lowest BCUT2D eigenvalue weighted by atomic mass is 10.0. The highest BCUT2D eigenvalue weighted by Crippen LogP contribution is 2.34. The molecule has 5 nitrogen and oxygen atoms in total. The third-order valence-corrected chi connectivity index (χ3v) is 4.18. The minimum Gasteiger partial charge on any atom is -0.338 e. The largest absolute Gasteiger partial charge is 0.338 e. The number of carbonyl (C=O) groups is 1. The highest BCUT2D eigenvalue weighted by molar-refractivity contribution is 5.93. The van der Waals surface area contributed by atoms with E-state index >= 15 is 0 Å². The lowest BCUT2D eigenvalue weighted by Crippen LogP contribution is -2.43. The van der Waals surface area contributed by atoms with E-state index in [0.717, 1.165) is 31.5 Å². The van der Waals surface area contributed by atoms with E-state index in [1.165, 1.54) is 25.7 Å². The monoisotopic (exact) mass is 263 g/mol. The lowest BCUT2D eigenvalue weighted by Gasteiger charge is -2.21. The van der Waals surface area contributed by atoms with Crippen molar-refractivity contribution in [2.24, 2.45) is 0 Å². The van der Waals surface area contributed by atoms with Gasteiger partial charge in [0.2, 0.25) is 11.8 Å². The van der Waals surface area contributed by atoms with Crippen molar-refractivity contribution < 1.29 is 9.32 Å². The van der Waals surface area contributed by atoms with Crippen molar-refractivity contribution >= 4 is 11.8 Å². The van der Waals surface area contributed by atoms with E-state index < -0.39 is 0 Å². The number of aromatic nitrogens is 1. The number of anilines is 1. The zero-order valence-electron chi connectivity index (χ0n) is 11.2. The van der Waals surface area contributed by atoms with E-state index in [-0.39, 0.29) is 11.9 Å². The van der Waals surface area contributed by atoms with Crippen LogP contribution in [-0.4, -0.2) is 23.7 Å². The number of nitrogens with zero attached hydrogens (tertiary/aromatic N) is 1. The first-order valence-electron chi connectivity index (χ1n) is 7.34. The van der Waals surface area contributed by atoms with E-state index in [0.29, 0.717) is 11.8 Å². The van der Waals surface area contributed by atoms with Crippen LogP contribution in [0.3, 0.4) is 0 Å². The predicted molar refractivity (Wildman–Crippen MR) is 72.0 cm³/mol. The summed E-state index contributed by atoms with van der Waals surface area (Å²) in [5.41, 5.74) is 0.990. The van der Waals surface area contributed by atoms with Gasteiger partial charge in [0.05, 0.1) is 11.7 Å². The van der Waals surface area contributed by atoms with Gasteiger partial charge in [0.1, 0.15) is 0 Å². The molecule has 5 heteroatoms. The van der Waals surface area contributed by atoms with Crippen LogP contribution in [0.5, 0.6) is 0 Å². The molecule has 1 amide bonds. The van der Waals surface area contributed by atoms with Crippen LogP contribution in [0.15, 0.2) is 10.6 Å². The Labute approximate surface area is 113 Å². The van der Waals surface area contributed by atoms with Crippen LogP contribution in [0.2, 0.25) is 0 Å². The molecule has 1 aliphatic heterocycles. The highest BCUT2D eigenvalue weighted by atomic mass is 16.5. The summed E-state index contributed by atoms with van der Waals surface area (Å²) < 4.78 is 5.23. The summed E-state index contributed by atoms with van der Waals surface area (Å²) >= 11 is 0. The van der Waals surface area contributed by atoms with Gasteiger partial charge in [-0.2, -0.15) is 0 Å². The molecule has 1 aromatic heterocycles. The fourth-order valence-corrected chi connectivity index (χ4v) is 3.05. The molecule has 1 atom stereocenters. The Morgan fingerprint density at radius 1 is 1.26 bits per heavy atom. The van der Waals surface area contributed by atoms with E-state index in [1.54, 1.807) is 0 Å². The standard InChI is InChI=1S/C14H21N3O2/c18-14(11-7-3-4-8-15-11)16-13-9-12(17-19-13)10-5-1-2-6-10/h9-11,15H,1-8H2,(H,16,18)/t11-/m0/s1. The van der Waals surface area contributed by atoms with Gasteiger partial charge < -0.3 is 9.84 Å². The maximum absolute atomic E-state index is 12.0. The molecule has 1 aliphatic carbocycles. The molecule has 1 aromatic rings. The molecule has 0 aromatic carbocycles. The van der Waals surface area contributed by atoms with E-state index in [2.05, 4.69) is 15.8 Å². The van der Waals surface area contributed by atoms with Gasteiger partial charge in [-0.3, -0.25) is 10.1 Å². The van der Waals surface area contributed by atoms with Crippen molar-refractivity contribution in [3.63, 3.8) is 0 Å². The number of amides is 1. The molecule has 2 fully saturated rings. The van der Waals surface area contributed by atoms with Gasteiger partial charge in [0.25, 0.3) is 0 Å². The molecule has 0 unspecified atom stereocenters. The van der Waals surface area contributed by atoms with Gasteiger partial charge in [-0.05, 0) is 32.2 Å². The summed E-state index contributed by atoms with van der Waals surface area (Å²) in [7, 11) is 0. The van der Waals surface area contributed by atoms with Crippen LogP contribution >= 0.6 is 0 Å². The Hall–Kier alpha value is -1.36. The van der Waals surface area contributed by atoms with E-state index in [1.807, 2.05) is 6.07 Å². The molecule has 3 rings (SSSR count). The summed E-state index contributed by atoms with van der Waals surface area (Å²) in [6, 6.07) is 1.80. The minimum absolute atomic E-state index is 0.00572. The minimum atomic E-state index is -0.0891. The zero-order valence-corrected chi connectivity index (χ0v) is 11.2. The molecule has 2 aliphatic rings. The average Bonchev–Trinajstić information content (AvgIpc) is 3.10. The van der Waals surface area contributed by atoms with Crippen LogP contribution in [0.25, 0.3) is 0 Å². The first-order chi connectivity index (χ1) is 9.33. The van der Waals surface area contributed by atoms with Gasteiger partial charge >= 0.3 is 0 Å². The molecular formula is C14H21N3O2. The summed E-state index contributed by atoms with van der Waals surface area (Å²) in [4.78, 5) is 12.0. The molecule has 1 saturated carbocycles. The molecule has 0 spiro atoms. The zero-order chi connectivity index (χ0) is 13.1. The summed E-state index contributed by atoms with van der Waals surface area (Å²) in [6.45, 7) is 0.918. The van der Waals surface area contributed by atoms with E-state index in [4.69, 9.17) is 4.52 Å². The van der Waals surface area contributed by atoms with Crippen molar-refractivity contribution in [1.29, 1.82) is 0 Å². The van der Waals surface area contributed by atoms with Crippen LogP contribution in [0.1, 0.15) is 56.6 Å². The van der Waals surface area contributed by atoms with Gasteiger partial charge in [0, 0.05) is 12.0 Å². The maximum atomic E-state index is 12.0. The van der Waals surface area contributed by atoms with Crippen molar-refractivity contribution in [2.45, 2.75) is 56.9 Å². The second-order valence-electron chi connectivity index (χ2n) is 5.59. The van der Waals surface area contributed by atoms with Crippen LogP contribution in [0, 0.1) is 0 Å². The normalized spacial score (nSPS) is 24.5. The Balaban J connectivity index is 1.58. The number of hydrogen-bond acceptors (Lipinski definition) is 4. The molecule has 2 heterocycles. The van der Waals surface area contributed by atoms with Gasteiger partial charge in [-0.1, -0.05) is 24.4 Å². The average molecular weight is 263 g/mol. The second-order valence-corrected chi connectivity index (χ2v) is 5.59. The van der Waals surface area contributed by atoms with Crippen molar-refractivity contribution in [1.82, 2.24) is 10.5 Å². The fraction of sp³-hybridized carbons (Fsp3) is 0.714. The highest BCUT2D eigenvalue weighted by Gasteiger charge is 2.24. The molecule has 1 saturated heterocycles. The summed E-state index contributed by atoms with van der Waals surface area (Å²) in [5, 5.41) is 10.1. The second kappa shape index (κ2) is 5.74. The van der Waals surface area contributed by atoms with Crippen LogP contribution in [0.4, 0.5) is 5.88 Å². The predicted octanol–water partition coefficient (Wildman–Crippen LogP) is 2.41. The Morgan fingerprint density at radius 3 is 2.79 bits per heavy atom. The van der Waals surface area contributed by atoms with Crippen molar-refractivity contribution in [3.05, 3.63) is 11.8 Å². The third kappa shape index (κ3) is 2.97. The number of hydrogen-bond donors (Lipinski definition) is 2. The van der Waals surface area contributed by atoms with Crippen LogP contribution < -0.4 is 10.6 Å². The summed E-state index contributed by atoms with van der Waals surface area (Å²) in [6.07, 6.45) is 8.06. The Morgan fingerprint density at radius 2 is 2.05 bits per heavy atom. The van der Waals surface area contributed by atoms with Gasteiger partial charge in [-0.15, -0.1) is 0 Å².